The van der Waals surface area contributed by atoms with E-state index in [1.54, 1.807) is 0 Å². The van der Waals surface area contributed by atoms with Gasteiger partial charge in [-0.15, -0.1) is 16.4 Å². The molecule has 1 aliphatic heterocycles. The van der Waals surface area contributed by atoms with Crippen LogP contribution in [-0.2, 0) is 0 Å². The molecule has 4 rings (SSSR count). The largest absolute Gasteiger partial charge is 0.338 e. The molecule has 0 bridgehead atoms. The maximum Gasteiger partial charge on any atom is 0.230 e. The van der Waals surface area contributed by atoms with Gasteiger partial charge in [0.25, 0.3) is 0 Å². The molecule has 1 aliphatic rings. The van der Waals surface area contributed by atoms with E-state index in [0.29, 0.717) is 0 Å². The summed E-state index contributed by atoms with van der Waals surface area (Å²) in [6, 6.07) is 1.92. The van der Waals surface area contributed by atoms with Crippen LogP contribution in [0.25, 0.3) is 15.9 Å². The number of aromatic nitrogens is 4. The van der Waals surface area contributed by atoms with Gasteiger partial charge in [0.1, 0.15) is 10.7 Å². The highest BCUT2D eigenvalue weighted by atomic mass is 35.5. The number of halogens is 1. The van der Waals surface area contributed by atoms with Crippen molar-refractivity contribution in [3.63, 3.8) is 0 Å². The Bertz CT molecular complexity index is 817. The maximum absolute atomic E-state index is 6.15. The predicted octanol–water partition coefficient (Wildman–Crippen LogP) is 2.05. The van der Waals surface area contributed by atoms with Crippen LogP contribution < -0.4 is 4.90 Å². The average molecular weight is 323 g/mol. The fourth-order valence-electron chi connectivity index (χ4n) is 2.67. The SMILES string of the molecule is Cc1nc2c3cc(Cl)sc3nc(N3CCN(C)CC3)n2n1. The number of fused-ring (bicyclic) bond motifs is 3. The molecule has 21 heavy (non-hydrogen) atoms. The van der Waals surface area contributed by atoms with E-state index in [1.165, 1.54) is 11.3 Å². The number of nitrogens with zero attached hydrogens (tertiary/aromatic N) is 6. The molecule has 4 heterocycles. The Kier molecular flexibility index (Phi) is 3.02. The van der Waals surface area contributed by atoms with Gasteiger partial charge in [0.15, 0.2) is 5.65 Å². The number of hydrogen-bond donors (Lipinski definition) is 0. The second-order valence-corrected chi connectivity index (χ2v) is 7.03. The fourth-order valence-corrected chi connectivity index (χ4v) is 3.75. The van der Waals surface area contributed by atoms with Gasteiger partial charge >= 0.3 is 0 Å². The Morgan fingerprint density at radius 1 is 1.19 bits per heavy atom. The van der Waals surface area contributed by atoms with Gasteiger partial charge in [0.05, 0.1) is 9.72 Å². The molecule has 0 saturated carbocycles. The molecule has 0 atom stereocenters. The van der Waals surface area contributed by atoms with Crippen molar-refractivity contribution < 1.29 is 0 Å². The van der Waals surface area contributed by atoms with Gasteiger partial charge in [-0.25, -0.2) is 9.97 Å². The van der Waals surface area contributed by atoms with Crippen molar-refractivity contribution in [2.24, 2.45) is 0 Å². The molecule has 3 aromatic heterocycles. The molecule has 0 N–H and O–H groups in total. The molecular weight excluding hydrogens is 308 g/mol. The zero-order valence-electron chi connectivity index (χ0n) is 11.9. The van der Waals surface area contributed by atoms with Gasteiger partial charge in [-0.1, -0.05) is 11.6 Å². The lowest BCUT2D eigenvalue weighted by Gasteiger charge is -2.32. The van der Waals surface area contributed by atoms with Gasteiger partial charge in [-0.3, -0.25) is 0 Å². The van der Waals surface area contributed by atoms with Crippen LogP contribution in [0, 0.1) is 6.92 Å². The molecule has 0 radical (unpaired) electrons. The van der Waals surface area contributed by atoms with Gasteiger partial charge in [-0.2, -0.15) is 4.52 Å². The predicted molar refractivity (Wildman–Crippen MR) is 85.6 cm³/mol. The maximum atomic E-state index is 6.15. The van der Waals surface area contributed by atoms with Gasteiger partial charge in [0.2, 0.25) is 5.95 Å². The quantitative estimate of drug-likeness (QED) is 0.686. The summed E-state index contributed by atoms with van der Waals surface area (Å²) in [5, 5.41) is 5.49. The lowest BCUT2D eigenvalue weighted by Crippen LogP contribution is -2.45. The number of rotatable bonds is 1. The lowest BCUT2D eigenvalue weighted by atomic mass is 10.3. The highest BCUT2D eigenvalue weighted by Crippen LogP contribution is 2.32. The second kappa shape index (κ2) is 4.79. The Morgan fingerprint density at radius 3 is 2.71 bits per heavy atom. The summed E-state index contributed by atoms with van der Waals surface area (Å²) in [5.41, 5.74) is 0.842. The molecule has 0 amide bonds. The van der Waals surface area contributed by atoms with Crippen molar-refractivity contribution in [3.8, 4) is 0 Å². The van der Waals surface area contributed by atoms with Crippen LogP contribution in [0.15, 0.2) is 6.07 Å². The highest BCUT2D eigenvalue weighted by molar-refractivity contribution is 7.22. The number of hydrogen-bond acceptors (Lipinski definition) is 6. The van der Waals surface area contributed by atoms with E-state index in [2.05, 4.69) is 26.9 Å². The molecule has 1 saturated heterocycles. The van der Waals surface area contributed by atoms with Crippen molar-refractivity contribution in [1.82, 2.24) is 24.5 Å². The Balaban J connectivity index is 1.93. The summed E-state index contributed by atoms with van der Waals surface area (Å²) in [6.07, 6.45) is 0. The molecule has 1 fully saturated rings. The molecule has 8 heteroatoms. The number of piperazine rings is 1. The molecule has 6 nitrogen and oxygen atoms in total. The summed E-state index contributed by atoms with van der Waals surface area (Å²) in [4.78, 5) is 14.9. The van der Waals surface area contributed by atoms with Crippen LogP contribution in [0.5, 0.6) is 0 Å². The molecule has 3 aromatic rings. The monoisotopic (exact) mass is 322 g/mol. The van der Waals surface area contributed by atoms with Crippen molar-refractivity contribution in [2.75, 3.05) is 38.1 Å². The smallest absolute Gasteiger partial charge is 0.230 e. The highest BCUT2D eigenvalue weighted by Gasteiger charge is 2.21. The number of thiophene rings is 1. The minimum Gasteiger partial charge on any atom is -0.338 e. The average Bonchev–Trinajstić information content (AvgIpc) is 3.00. The first-order valence-electron chi connectivity index (χ1n) is 6.88. The van der Waals surface area contributed by atoms with Gasteiger partial charge < -0.3 is 9.80 Å². The first kappa shape index (κ1) is 13.2. The summed E-state index contributed by atoms with van der Waals surface area (Å²) in [5.74, 6) is 1.62. The van der Waals surface area contributed by atoms with Gasteiger partial charge in [0, 0.05) is 26.2 Å². The molecular formula is C13H15ClN6S. The van der Waals surface area contributed by atoms with E-state index in [0.717, 1.165) is 58.2 Å². The van der Waals surface area contributed by atoms with Crippen LogP contribution in [-0.4, -0.2) is 57.7 Å². The van der Waals surface area contributed by atoms with Crippen molar-refractivity contribution in [3.05, 3.63) is 16.2 Å². The zero-order chi connectivity index (χ0) is 14.6. The molecule has 0 unspecified atom stereocenters. The lowest BCUT2D eigenvalue weighted by molar-refractivity contribution is 0.310. The number of aryl methyl sites for hydroxylation is 1. The standard InChI is InChI=1S/C13H15ClN6S/c1-8-15-11-9-7-10(14)21-12(9)16-13(20(11)17-8)19-5-3-18(2)4-6-19/h7H,3-6H2,1-2H3. The second-order valence-electron chi connectivity index (χ2n) is 5.37. The van der Waals surface area contributed by atoms with E-state index in [4.69, 9.17) is 16.6 Å². The zero-order valence-corrected chi connectivity index (χ0v) is 13.4. The van der Waals surface area contributed by atoms with E-state index >= 15 is 0 Å². The normalized spacial score (nSPS) is 17.2. The van der Waals surface area contributed by atoms with Crippen LogP contribution in [0.2, 0.25) is 4.34 Å². The van der Waals surface area contributed by atoms with E-state index < -0.39 is 0 Å². The summed E-state index contributed by atoms with van der Waals surface area (Å²) < 4.78 is 2.59. The molecule has 0 spiro atoms. The minimum absolute atomic E-state index is 0.732. The summed E-state index contributed by atoms with van der Waals surface area (Å²) >= 11 is 7.64. The summed E-state index contributed by atoms with van der Waals surface area (Å²) in [7, 11) is 2.14. The first-order valence-corrected chi connectivity index (χ1v) is 8.07. The van der Waals surface area contributed by atoms with Crippen LogP contribution in [0.1, 0.15) is 5.82 Å². The van der Waals surface area contributed by atoms with E-state index in [1.807, 2.05) is 17.5 Å². The fraction of sp³-hybridized carbons (Fsp3) is 0.462. The van der Waals surface area contributed by atoms with Crippen LogP contribution >= 0.6 is 22.9 Å². The summed E-state index contributed by atoms with van der Waals surface area (Å²) in [6.45, 7) is 5.85. The Morgan fingerprint density at radius 2 is 1.95 bits per heavy atom. The topological polar surface area (TPSA) is 49.6 Å². The van der Waals surface area contributed by atoms with Crippen molar-refractivity contribution in [2.45, 2.75) is 6.92 Å². The minimum atomic E-state index is 0.732. The first-order chi connectivity index (χ1) is 10.1. The molecule has 0 aliphatic carbocycles. The number of anilines is 1. The third kappa shape index (κ3) is 2.16. The third-order valence-electron chi connectivity index (χ3n) is 3.81. The van der Waals surface area contributed by atoms with Crippen molar-refractivity contribution in [1.29, 1.82) is 0 Å². The molecule has 110 valence electrons. The van der Waals surface area contributed by atoms with Crippen molar-refractivity contribution >= 4 is 44.7 Å². The third-order valence-corrected chi connectivity index (χ3v) is 4.97. The van der Waals surface area contributed by atoms with E-state index in [-0.39, 0.29) is 0 Å². The van der Waals surface area contributed by atoms with E-state index in [9.17, 15) is 0 Å². The number of likely N-dealkylation sites (N-methyl/N-ethyl adjacent to an activating group) is 1. The Labute approximate surface area is 131 Å². The van der Waals surface area contributed by atoms with Gasteiger partial charge in [-0.05, 0) is 20.0 Å². The Hall–Kier alpha value is -1.44. The van der Waals surface area contributed by atoms with Crippen LogP contribution in [0.3, 0.4) is 0 Å². The van der Waals surface area contributed by atoms with Crippen LogP contribution in [0.4, 0.5) is 5.95 Å². The molecule has 0 aromatic carbocycles.